The molecular formula is C23H25N3O2S. The first-order chi connectivity index (χ1) is 14.1. The average Bonchev–Trinajstić information content (AvgIpc) is 3.51. The van der Waals surface area contributed by atoms with Gasteiger partial charge in [0.2, 0.25) is 10.0 Å². The molecule has 2 fully saturated rings. The number of aromatic nitrogens is 2. The lowest BCUT2D eigenvalue weighted by atomic mass is 9.86. The predicted octanol–water partition coefficient (Wildman–Crippen LogP) is 4.70. The Kier molecular flexibility index (Phi) is 4.56. The van der Waals surface area contributed by atoms with Gasteiger partial charge < -0.3 is 4.98 Å². The minimum absolute atomic E-state index is 0.219. The monoisotopic (exact) mass is 407 g/mol. The fraction of sp³-hybridized carbons (Fsp3) is 0.348. The molecule has 3 aromatic rings. The highest BCUT2D eigenvalue weighted by atomic mass is 32.2. The van der Waals surface area contributed by atoms with E-state index in [4.69, 9.17) is 0 Å². The highest BCUT2D eigenvalue weighted by molar-refractivity contribution is 7.89. The second-order valence-corrected chi connectivity index (χ2v) is 10.3. The van der Waals surface area contributed by atoms with Crippen LogP contribution in [0.4, 0.5) is 0 Å². The molecule has 5 nitrogen and oxygen atoms in total. The van der Waals surface area contributed by atoms with Crippen molar-refractivity contribution >= 4 is 10.0 Å². The van der Waals surface area contributed by atoms with Gasteiger partial charge >= 0.3 is 0 Å². The van der Waals surface area contributed by atoms with Crippen molar-refractivity contribution in [3.05, 3.63) is 60.8 Å². The summed E-state index contributed by atoms with van der Waals surface area (Å²) in [4.78, 5) is 8.20. The molecule has 1 spiro atoms. The molecule has 1 aromatic heterocycles. The number of imidazole rings is 1. The van der Waals surface area contributed by atoms with Gasteiger partial charge in [0.15, 0.2) is 0 Å². The Morgan fingerprint density at radius 1 is 0.931 bits per heavy atom. The molecule has 6 heteroatoms. The molecule has 1 N–H and O–H groups in total. The number of hydrogen-bond donors (Lipinski definition) is 1. The quantitative estimate of drug-likeness (QED) is 0.682. The van der Waals surface area contributed by atoms with E-state index in [-0.39, 0.29) is 5.41 Å². The third-order valence-electron chi connectivity index (χ3n) is 6.46. The minimum Gasteiger partial charge on any atom is -0.344 e. The Morgan fingerprint density at radius 3 is 2.48 bits per heavy atom. The Hall–Kier alpha value is -2.44. The molecular weight excluding hydrogens is 382 g/mol. The average molecular weight is 408 g/mol. The Bertz CT molecular complexity index is 1120. The van der Waals surface area contributed by atoms with E-state index in [1.807, 2.05) is 42.6 Å². The van der Waals surface area contributed by atoms with Crippen molar-refractivity contribution in [2.45, 2.75) is 37.0 Å². The molecule has 150 valence electrons. The SMILES string of the molecule is O=S(=O)(c1cccc(-c2nc(-c3ccccc3)c[nH]2)c1)N1CCC2(CCCC2)C1. The van der Waals surface area contributed by atoms with E-state index in [1.165, 1.54) is 12.8 Å². The molecule has 1 aliphatic heterocycles. The van der Waals surface area contributed by atoms with Crippen LogP contribution in [0.5, 0.6) is 0 Å². The minimum atomic E-state index is -3.49. The molecule has 2 heterocycles. The van der Waals surface area contributed by atoms with Gasteiger partial charge in [-0.3, -0.25) is 0 Å². The number of rotatable bonds is 4. The molecule has 1 aliphatic carbocycles. The number of nitrogens with one attached hydrogen (secondary N) is 1. The lowest BCUT2D eigenvalue weighted by molar-refractivity contribution is 0.313. The van der Waals surface area contributed by atoms with Crippen molar-refractivity contribution in [3.8, 4) is 22.6 Å². The molecule has 0 radical (unpaired) electrons. The lowest BCUT2D eigenvalue weighted by Crippen LogP contribution is -2.31. The van der Waals surface area contributed by atoms with E-state index < -0.39 is 10.0 Å². The number of aromatic amines is 1. The van der Waals surface area contributed by atoms with Crippen LogP contribution in [0.1, 0.15) is 32.1 Å². The van der Waals surface area contributed by atoms with Crippen LogP contribution in [0.15, 0.2) is 65.7 Å². The summed E-state index contributed by atoms with van der Waals surface area (Å²) in [5.41, 5.74) is 2.87. The number of sulfonamides is 1. The van der Waals surface area contributed by atoms with Crippen molar-refractivity contribution in [2.75, 3.05) is 13.1 Å². The fourth-order valence-electron chi connectivity index (χ4n) is 4.81. The molecule has 0 bridgehead atoms. The summed E-state index contributed by atoms with van der Waals surface area (Å²) >= 11 is 0. The van der Waals surface area contributed by atoms with E-state index in [2.05, 4.69) is 9.97 Å². The van der Waals surface area contributed by atoms with Gasteiger partial charge in [-0.05, 0) is 36.8 Å². The third-order valence-corrected chi connectivity index (χ3v) is 8.30. The van der Waals surface area contributed by atoms with Crippen molar-refractivity contribution in [2.24, 2.45) is 5.41 Å². The van der Waals surface area contributed by atoms with Gasteiger partial charge in [0.25, 0.3) is 0 Å². The number of nitrogens with zero attached hydrogens (tertiary/aromatic N) is 2. The van der Waals surface area contributed by atoms with Crippen LogP contribution < -0.4 is 0 Å². The zero-order valence-corrected chi connectivity index (χ0v) is 17.2. The Balaban J connectivity index is 1.42. The van der Waals surface area contributed by atoms with E-state index in [1.54, 1.807) is 22.5 Å². The van der Waals surface area contributed by atoms with Crippen molar-refractivity contribution in [1.82, 2.24) is 14.3 Å². The van der Waals surface area contributed by atoms with E-state index >= 15 is 0 Å². The van der Waals surface area contributed by atoms with Gasteiger partial charge in [0, 0.05) is 30.4 Å². The number of benzene rings is 2. The normalized spacial score (nSPS) is 19.2. The summed E-state index contributed by atoms with van der Waals surface area (Å²) < 4.78 is 28.2. The first-order valence-electron chi connectivity index (χ1n) is 10.3. The predicted molar refractivity (Wildman–Crippen MR) is 114 cm³/mol. The zero-order valence-electron chi connectivity index (χ0n) is 16.3. The third kappa shape index (κ3) is 3.40. The van der Waals surface area contributed by atoms with Gasteiger partial charge in [-0.1, -0.05) is 55.3 Å². The van der Waals surface area contributed by atoms with Gasteiger partial charge in [-0.25, -0.2) is 13.4 Å². The first kappa shape index (κ1) is 18.6. The van der Waals surface area contributed by atoms with Crippen LogP contribution in [0, 0.1) is 5.41 Å². The second-order valence-electron chi connectivity index (χ2n) is 8.32. The summed E-state index contributed by atoms with van der Waals surface area (Å²) in [5, 5.41) is 0. The van der Waals surface area contributed by atoms with Crippen LogP contribution in [0.3, 0.4) is 0 Å². The van der Waals surface area contributed by atoms with Crippen LogP contribution in [0.2, 0.25) is 0 Å². The summed E-state index contributed by atoms with van der Waals surface area (Å²) in [7, 11) is -3.49. The Labute approximate surface area is 171 Å². The topological polar surface area (TPSA) is 66.1 Å². The summed E-state index contributed by atoms with van der Waals surface area (Å²) in [6.45, 7) is 1.30. The van der Waals surface area contributed by atoms with Crippen molar-refractivity contribution in [1.29, 1.82) is 0 Å². The summed E-state index contributed by atoms with van der Waals surface area (Å²) in [6.07, 6.45) is 7.62. The lowest BCUT2D eigenvalue weighted by Gasteiger charge is -2.23. The smallest absolute Gasteiger partial charge is 0.243 e. The van der Waals surface area contributed by atoms with Gasteiger partial charge in [-0.15, -0.1) is 0 Å². The molecule has 0 unspecified atom stereocenters. The molecule has 5 rings (SSSR count). The van der Waals surface area contributed by atoms with Crippen LogP contribution >= 0.6 is 0 Å². The van der Waals surface area contributed by atoms with Gasteiger partial charge in [-0.2, -0.15) is 4.31 Å². The molecule has 1 saturated heterocycles. The van der Waals surface area contributed by atoms with Crippen LogP contribution in [0.25, 0.3) is 22.6 Å². The van der Waals surface area contributed by atoms with E-state index in [9.17, 15) is 8.42 Å². The largest absolute Gasteiger partial charge is 0.344 e. The molecule has 0 atom stereocenters. The fourth-order valence-corrected chi connectivity index (χ4v) is 6.41. The number of H-pyrrole nitrogens is 1. The summed E-state index contributed by atoms with van der Waals surface area (Å²) in [6, 6.07) is 17.1. The van der Waals surface area contributed by atoms with Crippen molar-refractivity contribution in [3.63, 3.8) is 0 Å². The van der Waals surface area contributed by atoms with E-state index in [0.717, 1.165) is 36.1 Å². The van der Waals surface area contributed by atoms with Crippen LogP contribution in [-0.4, -0.2) is 35.8 Å². The van der Waals surface area contributed by atoms with Crippen LogP contribution in [-0.2, 0) is 10.0 Å². The maximum atomic E-state index is 13.3. The standard InChI is InChI=1S/C23H25N3O2S/c27-29(28,26-14-13-23(17-26)11-4-5-12-23)20-10-6-9-19(15-20)22-24-16-21(25-22)18-7-2-1-3-8-18/h1-3,6-10,15-16H,4-5,11-14,17H2,(H,24,25). The molecule has 2 aliphatic rings. The molecule has 29 heavy (non-hydrogen) atoms. The highest BCUT2D eigenvalue weighted by Gasteiger charge is 2.44. The highest BCUT2D eigenvalue weighted by Crippen LogP contribution is 2.46. The maximum Gasteiger partial charge on any atom is 0.243 e. The molecule has 1 saturated carbocycles. The summed E-state index contributed by atoms with van der Waals surface area (Å²) in [5.74, 6) is 0.676. The first-order valence-corrected chi connectivity index (χ1v) is 11.7. The zero-order chi connectivity index (χ0) is 19.9. The molecule has 2 aromatic carbocycles. The molecule has 0 amide bonds. The van der Waals surface area contributed by atoms with Crippen molar-refractivity contribution < 1.29 is 8.42 Å². The number of hydrogen-bond acceptors (Lipinski definition) is 3. The van der Waals surface area contributed by atoms with Gasteiger partial charge in [0.1, 0.15) is 5.82 Å². The van der Waals surface area contributed by atoms with E-state index in [0.29, 0.717) is 23.8 Å². The second kappa shape index (κ2) is 7.11. The Morgan fingerprint density at radius 2 is 1.69 bits per heavy atom. The van der Waals surface area contributed by atoms with Gasteiger partial charge in [0.05, 0.1) is 10.6 Å². The maximum absolute atomic E-state index is 13.3.